The summed E-state index contributed by atoms with van der Waals surface area (Å²) in [5, 5.41) is 4.96. The number of fused-ring (bicyclic) bond motifs is 1. The highest BCUT2D eigenvalue weighted by Gasteiger charge is 2.29. The maximum atomic E-state index is 5.58. The molecule has 1 aromatic carbocycles. The Hall–Kier alpha value is -1.86. The van der Waals surface area contributed by atoms with E-state index in [4.69, 9.17) is 16.4 Å². The number of nitrogens with one attached hydrogen (secondary N) is 2. The highest BCUT2D eigenvalue weighted by molar-refractivity contribution is 8.00. The number of nitrogens with two attached hydrogens (primary N) is 2. The summed E-state index contributed by atoms with van der Waals surface area (Å²) in [6.45, 7) is 10.8. The van der Waals surface area contributed by atoms with Crippen LogP contribution in [0.25, 0.3) is 10.9 Å². The third-order valence-corrected chi connectivity index (χ3v) is 5.25. The van der Waals surface area contributed by atoms with Crippen LogP contribution >= 0.6 is 11.8 Å². The third-order valence-electron chi connectivity index (χ3n) is 3.96. The molecule has 0 aliphatic carbocycles. The van der Waals surface area contributed by atoms with Gasteiger partial charge in [0.2, 0.25) is 0 Å². The molecule has 2 aromatic rings. The molecule has 1 aromatic heterocycles. The van der Waals surface area contributed by atoms with Crippen LogP contribution in [0.1, 0.15) is 40.3 Å². The number of methoxy groups -OCH3 is 1. The van der Waals surface area contributed by atoms with Crippen LogP contribution in [-0.2, 0) is 6.42 Å². The summed E-state index contributed by atoms with van der Waals surface area (Å²) in [5.41, 5.74) is 4.52. The number of thioether (sulfide) groups is 1. The third kappa shape index (κ3) is 4.41. The first kappa shape index (κ1) is 19.5. The Kier molecular flexibility index (Phi) is 5.58. The summed E-state index contributed by atoms with van der Waals surface area (Å²) < 4.78 is 5.48. The summed E-state index contributed by atoms with van der Waals surface area (Å²) in [6.07, 6.45) is 0.725. The molecular formula is C18H29N5OS. The molecule has 6 nitrogen and oxygen atoms in total. The highest BCUT2D eigenvalue weighted by Crippen LogP contribution is 2.42. The molecule has 138 valence electrons. The monoisotopic (exact) mass is 363 g/mol. The van der Waals surface area contributed by atoms with E-state index in [1.807, 2.05) is 17.8 Å². The lowest BCUT2D eigenvalue weighted by atomic mass is 9.86. The second-order valence-electron chi connectivity index (χ2n) is 7.74. The average Bonchev–Trinajstić information content (AvgIpc) is 2.82. The van der Waals surface area contributed by atoms with Crippen molar-refractivity contribution >= 4 is 28.5 Å². The van der Waals surface area contributed by atoms with Crippen LogP contribution in [0, 0.1) is 5.41 Å². The minimum absolute atomic E-state index is 0.0774. The molecule has 0 unspecified atom stereocenters. The number of hydrazone groups is 1. The van der Waals surface area contributed by atoms with Crippen molar-refractivity contribution in [1.82, 2.24) is 10.4 Å². The van der Waals surface area contributed by atoms with Crippen molar-refractivity contribution < 1.29 is 4.74 Å². The van der Waals surface area contributed by atoms with Gasteiger partial charge in [-0.25, -0.2) is 5.84 Å². The Bertz CT molecular complexity index is 774. The van der Waals surface area contributed by atoms with Gasteiger partial charge in [0.25, 0.3) is 0 Å². The minimum atomic E-state index is -0.332. The lowest BCUT2D eigenvalue weighted by molar-refractivity contribution is 0.415. The number of rotatable bonds is 5. The smallest absolute Gasteiger partial charge is 0.141 e. The minimum Gasteiger partial charge on any atom is -0.497 e. The number of nitrogens with zero attached hydrogens (tertiary/aromatic N) is 1. The summed E-state index contributed by atoms with van der Waals surface area (Å²) >= 11 is 1.84. The van der Waals surface area contributed by atoms with Crippen molar-refractivity contribution in [2.45, 2.75) is 50.7 Å². The fourth-order valence-electron chi connectivity index (χ4n) is 2.81. The average molecular weight is 364 g/mol. The van der Waals surface area contributed by atoms with E-state index in [1.165, 1.54) is 4.90 Å². The van der Waals surface area contributed by atoms with E-state index in [0.717, 1.165) is 28.8 Å². The van der Waals surface area contributed by atoms with Crippen LogP contribution in [0.15, 0.2) is 28.2 Å². The second kappa shape index (κ2) is 7.17. The fourth-order valence-corrected chi connectivity index (χ4v) is 3.95. The topological polar surface area (TPSA) is 101 Å². The van der Waals surface area contributed by atoms with Crippen molar-refractivity contribution in [2.24, 2.45) is 22.2 Å². The molecule has 0 amide bonds. The van der Waals surface area contributed by atoms with Gasteiger partial charge in [-0.3, -0.25) is 0 Å². The normalized spacial score (nSPS) is 13.3. The molecule has 0 atom stereocenters. The van der Waals surface area contributed by atoms with Gasteiger partial charge in [-0.05, 0) is 18.2 Å². The first-order valence-electron chi connectivity index (χ1n) is 8.24. The molecule has 0 aliphatic heterocycles. The maximum Gasteiger partial charge on any atom is 0.141 e. The second-order valence-corrected chi connectivity index (χ2v) is 9.58. The van der Waals surface area contributed by atoms with E-state index in [-0.39, 0.29) is 10.2 Å². The zero-order valence-electron chi connectivity index (χ0n) is 15.9. The number of amidine groups is 1. The van der Waals surface area contributed by atoms with Gasteiger partial charge in [-0.15, -0.1) is 11.8 Å². The standard InChI is InChI=1S/C18H29N5OS/c1-17(2,3)25-15-12-9-11(24-6)7-8-13(12)21-14(15)10-18(4,5)16(22-19)23-20/h7-9,21H,10,19-20H2,1-6H3,(H,22,23). The molecule has 0 bridgehead atoms. The summed E-state index contributed by atoms with van der Waals surface area (Å²) in [6, 6.07) is 6.10. The number of hydrogen-bond donors (Lipinski definition) is 4. The van der Waals surface area contributed by atoms with Crippen molar-refractivity contribution in [1.29, 1.82) is 0 Å². The predicted octanol–water partition coefficient (Wildman–Crippen LogP) is 3.37. The molecule has 2 rings (SSSR count). The largest absolute Gasteiger partial charge is 0.497 e. The van der Waals surface area contributed by atoms with Gasteiger partial charge >= 0.3 is 0 Å². The summed E-state index contributed by atoms with van der Waals surface area (Å²) in [4.78, 5) is 4.78. The number of hydrogen-bond acceptors (Lipinski definition) is 5. The number of hydrazine groups is 1. The quantitative estimate of drug-likeness (QED) is 0.214. The van der Waals surface area contributed by atoms with Crippen LogP contribution in [0.3, 0.4) is 0 Å². The van der Waals surface area contributed by atoms with Gasteiger partial charge in [0, 0.05) is 38.1 Å². The first-order valence-corrected chi connectivity index (χ1v) is 9.05. The molecule has 1 heterocycles. The molecule has 0 radical (unpaired) electrons. The number of H-pyrrole nitrogens is 1. The molecule has 0 spiro atoms. The first-order chi connectivity index (χ1) is 11.6. The fraction of sp³-hybridized carbons (Fsp3) is 0.500. The summed E-state index contributed by atoms with van der Waals surface area (Å²) in [7, 11) is 1.69. The zero-order chi connectivity index (χ0) is 18.8. The Labute approximate surface area is 153 Å². The number of aromatic nitrogens is 1. The highest BCUT2D eigenvalue weighted by atomic mass is 32.2. The van der Waals surface area contributed by atoms with Crippen LogP contribution in [0.4, 0.5) is 0 Å². The number of benzene rings is 1. The van der Waals surface area contributed by atoms with Crippen LogP contribution in [0.5, 0.6) is 5.75 Å². The van der Waals surface area contributed by atoms with E-state index in [9.17, 15) is 0 Å². The van der Waals surface area contributed by atoms with Crippen molar-refractivity contribution in [3.05, 3.63) is 23.9 Å². The van der Waals surface area contributed by atoms with E-state index >= 15 is 0 Å². The number of aromatic amines is 1. The lowest BCUT2D eigenvalue weighted by Crippen LogP contribution is -2.43. The molecule has 0 fully saturated rings. The van der Waals surface area contributed by atoms with Crippen LogP contribution in [-0.4, -0.2) is 22.7 Å². The molecule has 25 heavy (non-hydrogen) atoms. The Morgan fingerprint density at radius 1 is 1.28 bits per heavy atom. The Balaban J connectivity index is 2.56. The molecule has 0 aliphatic rings. The Morgan fingerprint density at radius 2 is 1.96 bits per heavy atom. The number of ether oxygens (including phenoxy) is 1. The maximum absolute atomic E-state index is 5.58. The van der Waals surface area contributed by atoms with Gasteiger partial charge < -0.3 is 21.0 Å². The van der Waals surface area contributed by atoms with Gasteiger partial charge in [-0.1, -0.05) is 34.6 Å². The SMILES string of the molecule is COc1ccc2[nH]c(CC(C)(C)/C(=N/N)NN)c(SC(C)(C)C)c2c1. The van der Waals surface area contributed by atoms with Crippen LogP contribution in [0.2, 0.25) is 0 Å². The van der Waals surface area contributed by atoms with Gasteiger partial charge in [0.1, 0.15) is 11.6 Å². The lowest BCUT2D eigenvalue weighted by Gasteiger charge is -2.26. The zero-order valence-corrected chi connectivity index (χ0v) is 16.7. The van der Waals surface area contributed by atoms with E-state index in [0.29, 0.717) is 5.84 Å². The molecule has 7 heteroatoms. The van der Waals surface area contributed by atoms with Gasteiger partial charge in [0.05, 0.1) is 7.11 Å². The van der Waals surface area contributed by atoms with Crippen molar-refractivity contribution in [2.75, 3.05) is 7.11 Å². The van der Waals surface area contributed by atoms with E-state index < -0.39 is 0 Å². The summed E-state index contributed by atoms with van der Waals surface area (Å²) in [5.74, 6) is 12.5. The van der Waals surface area contributed by atoms with Crippen LogP contribution < -0.4 is 21.8 Å². The van der Waals surface area contributed by atoms with Crippen molar-refractivity contribution in [3.8, 4) is 5.75 Å². The molecule has 0 saturated carbocycles. The molecule has 0 saturated heterocycles. The molecule has 6 N–H and O–H groups in total. The molecular weight excluding hydrogens is 334 g/mol. The Morgan fingerprint density at radius 3 is 2.48 bits per heavy atom. The van der Waals surface area contributed by atoms with E-state index in [1.54, 1.807) is 7.11 Å². The van der Waals surface area contributed by atoms with Gasteiger partial charge in [0.15, 0.2) is 0 Å². The van der Waals surface area contributed by atoms with Crippen molar-refractivity contribution in [3.63, 3.8) is 0 Å². The van der Waals surface area contributed by atoms with E-state index in [2.05, 4.69) is 62.3 Å². The predicted molar refractivity (Wildman–Crippen MR) is 107 cm³/mol. The van der Waals surface area contributed by atoms with Gasteiger partial charge in [-0.2, -0.15) is 5.10 Å².